The van der Waals surface area contributed by atoms with Gasteiger partial charge in [0.05, 0.1) is 12.3 Å². The number of nitrogens with zero attached hydrogens (tertiary/aromatic N) is 3. The second-order valence-corrected chi connectivity index (χ2v) is 5.17. The fourth-order valence-electron chi connectivity index (χ4n) is 1.03. The Bertz CT molecular complexity index is 403. The Balaban J connectivity index is 2.57. The van der Waals surface area contributed by atoms with Gasteiger partial charge in [-0.25, -0.2) is 13.1 Å². The van der Waals surface area contributed by atoms with E-state index in [9.17, 15) is 8.42 Å². The van der Waals surface area contributed by atoms with Crippen LogP contribution in [0.5, 0.6) is 0 Å². The summed E-state index contributed by atoms with van der Waals surface area (Å²) in [5, 5.41) is 7.49. The number of halogens is 1. The molecule has 0 atom stereocenters. The number of rotatable bonds is 6. The van der Waals surface area contributed by atoms with E-state index in [1.807, 2.05) is 6.92 Å². The summed E-state index contributed by atoms with van der Waals surface area (Å²) in [4.78, 5) is 0. The van der Waals surface area contributed by atoms with E-state index in [0.717, 1.165) is 0 Å². The van der Waals surface area contributed by atoms with Crippen molar-refractivity contribution in [3.8, 4) is 0 Å². The fraction of sp³-hybridized carbons (Fsp3) is 0.714. The van der Waals surface area contributed by atoms with Crippen LogP contribution in [0.1, 0.15) is 12.7 Å². The highest BCUT2D eigenvalue weighted by Crippen LogP contribution is 1.96. The quantitative estimate of drug-likeness (QED) is 0.721. The van der Waals surface area contributed by atoms with Crippen molar-refractivity contribution < 1.29 is 8.42 Å². The number of aromatic nitrogens is 3. The van der Waals surface area contributed by atoms with Crippen LogP contribution in [0, 0.1) is 0 Å². The molecule has 0 aliphatic heterocycles. The molecular formula is C7H13ClN4O2S. The number of sulfonamides is 1. The molecule has 0 saturated carbocycles. The zero-order chi connectivity index (χ0) is 11.3. The second-order valence-electron chi connectivity index (χ2n) is 2.86. The Labute approximate surface area is 93.7 Å². The molecule has 6 nitrogen and oxygen atoms in total. The van der Waals surface area contributed by atoms with E-state index >= 15 is 0 Å². The van der Waals surface area contributed by atoms with E-state index in [4.69, 9.17) is 11.6 Å². The second kappa shape index (κ2) is 5.43. The summed E-state index contributed by atoms with van der Waals surface area (Å²) in [7, 11) is -3.30. The molecule has 0 aliphatic carbocycles. The van der Waals surface area contributed by atoms with Crippen molar-refractivity contribution in [2.24, 2.45) is 0 Å². The van der Waals surface area contributed by atoms with Gasteiger partial charge in [0.25, 0.3) is 0 Å². The van der Waals surface area contributed by atoms with Crippen LogP contribution in [0.25, 0.3) is 0 Å². The van der Waals surface area contributed by atoms with Gasteiger partial charge in [-0.05, 0) is 6.92 Å². The van der Waals surface area contributed by atoms with Crippen LogP contribution >= 0.6 is 11.6 Å². The minimum Gasteiger partial charge on any atom is -0.317 e. The smallest absolute Gasteiger partial charge is 0.213 e. The van der Waals surface area contributed by atoms with E-state index in [-0.39, 0.29) is 18.2 Å². The molecule has 0 radical (unpaired) electrons. The maximum Gasteiger partial charge on any atom is 0.213 e. The zero-order valence-electron chi connectivity index (χ0n) is 8.35. The maximum absolute atomic E-state index is 11.3. The van der Waals surface area contributed by atoms with Gasteiger partial charge in [0.2, 0.25) is 10.0 Å². The van der Waals surface area contributed by atoms with Gasteiger partial charge in [0.1, 0.15) is 12.2 Å². The molecule has 1 aromatic rings. The highest BCUT2D eigenvalue weighted by atomic mass is 35.5. The molecule has 0 aliphatic rings. The van der Waals surface area contributed by atoms with Gasteiger partial charge >= 0.3 is 0 Å². The summed E-state index contributed by atoms with van der Waals surface area (Å²) >= 11 is 5.35. The minimum absolute atomic E-state index is 0.0792. The van der Waals surface area contributed by atoms with Gasteiger partial charge in [-0.3, -0.25) is 0 Å². The van der Waals surface area contributed by atoms with Gasteiger partial charge in [-0.15, -0.1) is 21.8 Å². The third-order valence-electron chi connectivity index (χ3n) is 1.83. The molecule has 1 rings (SSSR count). The van der Waals surface area contributed by atoms with E-state index in [2.05, 4.69) is 14.9 Å². The lowest BCUT2D eigenvalue weighted by atomic mass is 10.6. The van der Waals surface area contributed by atoms with E-state index < -0.39 is 10.0 Å². The van der Waals surface area contributed by atoms with E-state index in [1.165, 1.54) is 0 Å². The summed E-state index contributed by atoms with van der Waals surface area (Å²) in [6.07, 6.45) is 1.56. The molecule has 1 aromatic heterocycles. The van der Waals surface area contributed by atoms with Crippen molar-refractivity contribution in [1.29, 1.82) is 0 Å². The standard InChI is InChI=1S/C7H13ClN4O2S/c1-2-12-6-9-11-7(12)5-10-15(13,14)4-3-8/h6,10H,2-5H2,1H3. The van der Waals surface area contributed by atoms with E-state index in [1.54, 1.807) is 10.9 Å². The molecule has 0 fully saturated rings. The van der Waals surface area contributed by atoms with Crippen LogP contribution in [0.3, 0.4) is 0 Å². The van der Waals surface area contributed by atoms with Crippen LogP contribution < -0.4 is 4.72 Å². The molecule has 0 amide bonds. The monoisotopic (exact) mass is 252 g/mol. The van der Waals surface area contributed by atoms with Crippen molar-refractivity contribution in [3.05, 3.63) is 12.2 Å². The fourth-order valence-corrected chi connectivity index (χ4v) is 2.33. The number of hydrogen-bond donors (Lipinski definition) is 1. The lowest BCUT2D eigenvalue weighted by molar-refractivity contribution is 0.576. The lowest BCUT2D eigenvalue weighted by Crippen LogP contribution is -2.27. The predicted octanol–water partition coefficient (Wildman–Crippen LogP) is -0.0438. The van der Waals surface area contributed by atoms with Gasteiger partial charge < -0.3 is 4.57 Å². The number of alkyl halides is 1. The Morgan fingerprint density at radius 3 is 2.93 bits per heavy atom. The maximum atomic E-state index is 11.3. The average Bonchev–Trinajstić information content (AvgIpc) is 2.62. The van der Waals surface area contributed by atoms with Crippen LogP contribution in [-0.4, -0.2) is 34.8 Å². The van der Waals surface area contributed by atoms with Gasteiger partial charge in [-0.2, -0.15) is 0 Å². The van der Waals surface area contributed by atoms with Crippen LogP contribution in [0.4, 0.5) is 0 Å². The molecule has 0 spiro atoms. The average molecular weight is 253 g/mol. The molecule has 8 heteroatoms. The van der Waals surface area contributed by atoms with Crippen molar-refractivity contribution in [1.82, 2.24) is 19.5 Å². The van der Waals surface area contributed by atoms with Crippen molar-refractivity contribution in [3.63, 3.8) is 0 Å². The van der Waals surface area contributed by atoms with Crippen molar-refractivity contribution in [2.75, 3.05) is 11.6 Å². The topological polar surface area (TPSA) is 76.9 Å². The number of aryl methyl sites for hydroxylation is 1. The van der Waals surface area contributed by atoms with Crippen LogP contribution in [0.2, 0.25) is 0 Å². The first-order chi connectivity index (χ1) is 7.09. The molecule has 86 valence electrons. The third kappa shape index (κ3) is 3.77. The molecular weight excluding hydrogens is 240 g/mol. The van der Waals surface area contributed by atoms with Crippen molar-refractivity contribution in [2.45, 2.75) is 20.0 Å². The Hall–Kier alpha value is -0.660. The molecule has 1 N–H and O–H groups in total. The van der Waals surface area contributed by atoms with Crippen LogP contribution in [-0.2, 0) is 23.1 Å². The van der Waals surface area contributed by atoms with Crippen LogP contribution in [0.15, 0.2) is 6.33 Å². The highest BCUT2D eigenvalue weighted by molar-refractivity contribution is 7.89. The van der Waals surface area contributed by atoms with Crippen molar-refractivity contribution >= 4 is 21.6 Å². The van der Waals surface area contributed by atoms with Gasteiger partial charge in [-0.1, -0.05) is 0 Å². The molecule has 0 aromatic carbocycles. The first-order valence-corrected chi connectivity index (χ1v) is 6.67. The largest absolute Gasteiger partial charge is 0.317 e. The molecule has 1 heterocycles. The van der Waals surface area contributed by atoms with Gasteiger partial charge in [0, 0.05) is 12.4 Å². The Morgan fingerprint density at radius 2 is 2.33 bits per heavy atom. The molecule has 0 unspecified atom stereocenters. The first kappa shape index (κ1) is 12.4. The molecule has 0 saturated heterocycles. The summed E-state index contributed by atoms with van der Waals surface area (Å²) < 4.78 is 26.7. The van der Waals surface area contributed by atoms with E-state index in [0.29, 0.717) is 12.4 Å². The summed E-state index contributed by atoms with van der Waals surface area (Å²) in [5.74, 6) is 0.584. The van der Waals surface area contributed by atoms with Gasteiger partial charge in [0.15, 0.2) is 0 Å². The SMILES string of the molecule is CCn1cnnc1CNS(=O)(=O)CCCl. The zero-order valence-corrected chi connectivity index (χ0v) is 9.92. The Kier molecular flexibility index (Phi) is 4.49. The number of nitrogens with one attached hydrogen (secondary N) is 1. The summed E-state index contributed by atoms with van der Waals surface area (Å²) in [6, 6.07) is 0. The normalized spacial score (nSPS) is 11.9. The third-order valence-corrected chi connectivity index (χ3v) is 3.57. The summed E-state index contributed by atoms with van der Waals surface area (Å²) in [6.45, 7) is 2.78. The molecule has 0 bridgehead atoms. The first-order valence-electron chi connectivity index (χ1n) is 4.49. The Morgan fingerprint density at radius 1 is 1.60 bits per heavy atom. The summed E-state index contributed by atoms with van der Waals surface area (Å²) in [5.41, 5.74) is 0. The molecule has 15 heavy (non-hydrogen) atoms. The number of hydrogen-bond acceptors (Lipinski definition) is 4. The predicted molar refractivity (Wildman–Crippen MR) is 57.0 cm³/mol. The highest BCUT2D eigenvalue weighted by Gasteiger charge is 2.10. The lowest BCUT2D eigenvalue weighted by Gasteiger charge is -2.05. The minimum atomic E-state index is -3.30.